The van der Waals surface area contributed by atoms with E-state index in [1.54, 1.807) is 0 Å². The van der Waals surface area contributed by atoms with Crippen LogP contribution in [0.15, 0.2) is 18.2 Å². The molecule has 1 N–H and O–H groups in total. The van der Waals surface area contributed by atoms with E-state index in [0.717, 1.165) is 6.07 Å². The molecule has 96 valence electrons. The van der Waals surface area contributed by atoms with Gasteiger partial charge in [-0.3, -0.25) is 0 Å². The van der Waals surface area contributed by atoms with Crippen LogP contribution < -0.4 is 0 Å². The summed E-state index contributed by atoms with van der Waals surface area (Å²) in [6, 6.07) is 4.96. The van der Waals surface area contributed by atoms with E-state index in [-0.39, 0.29) is 12.2 Å². The number of ether oxygens (including phenoxy) is 1. The van der Waals surface area contributed by atoms with Gasteiger partial charge in [0.05, 0.1) is 12.7 Å². The Labute approximate surface area is 104 Å². The van der Waals surface area contributed by atoms with Crippen molar-refractivity contribution in [2.24, 2.45) is 5.41 Å². The Balaban J connectivity index is 2.34. The summed E-state index contributed by atoms with van der Waals surface area (Å²) in [6.45, 7) is 0.587. The van der Waals surface area contributed by atoms with Crippen LogP contribution >= 0.6 is 0 Å². The van der Waals surface area contributed by atoms with Crippen molar-refractivity contribution in [3.8, 4) is 6.07 Å². The number of benzene rings is 1. The smallest absolute Gasteiger partial charge is 0.131 e. The van der Waals surface area contributed by atoms with Crippen molar-refractivity contribution in [2.45, 2.75) is 18.9 Å². The summed E-state index contributed by atoms with van der Waals surface area (Å²) < 4.78 is 31.6. The molecule has 0 saturated carbocycles. The van der Waals surface area contributed by atoms with Gasteiger partial charge in [0, 0.05) is 18.2 Å². The van der Waals surface area contributed by atoms with Gasteiger partial charge in [0.2, 0.25) is 0 Å². The lowest BCUT2D eigenvalue weighted by atomic mass is 9.76. The minimum Gasteiger partial charge on any atom is -0.387 e. The third kappa shape index (κ3) is 2.22. The predicted molar refractivity (Wildman–Crippen MR) is 59.4 cm³/mol. The molecule has 18 heavy (non-hydrogen) atoms. The molecule has 5 heteroatoms. The number of rotatable bonds is 2. The lowest BCUT2D eigenvalue weighted by Gasteiger charge is -2.35. The zero-order valence-corrected chi connectivity index (χ0v) is 9.70. The Morgan fingerprint density at radius 3 is 2.78 bits per heavy atom. The van der Waals surface area contributed by atoms with Gasteiger partial charge < -0.3 is 9.84 Å². The van der Waals surface area contributed by atoms with Crippen molar-refractivity contribution < 1.29 is 18.6 Å². The second-order valence-corrected chi connectivity index (χ2v) is 4.49. The summed E-state index contributed by atoms with van der Waals surface area (Å²) in [5, 5.41) is 19.4. The lowest BCUT2D eigenvalue weighted by molar-refractivity contribution is -0.0517. The van der Waals surface area contributed by atoms with E-state index in [0.29, 0.717) is 25.5 Å². The number of halogens is 2. The zero-order valence-electron chi connectivity index (χ0n) is 9.70. The minimum atomic E-state index is -1.32. The third-order valence-corrected chi connectivity index (χ3v) is 3.27. The van der Waals surface area contributed by atoms with Crippen LogP contribution in [-0.2, 0) is 4.74 Å². The Kier molecular flexibility index (Phi) is 3.60. The minimum absolute atomic E-state index is 0.0570. The second-order valence-electron chi connectivity index (χ2n) is 4.49. The second kappa shape index (κ2) is 5.01. The molecule has 0 aliphatic carbocycles. The van der Waals surface area contributed by atoms with Crippen LogP contribution in [0.1, 0.15) is 24.5 Å². The number of aliphatic hydroxyl groups excluding tert-OH is 1. The Bertz CT molecular complexity index is 478. The van der Waals surface area contributed by atoms with Gasteiger partial charge in [-0.15, -0.1) is 0 Å². The highest BCUT2D eigenvalue weighted by Crippen LogP contribution is 2.41. The van der Waals surface area contributed by atoms with Crippen molar-refractivity contribution in [3.05, 3.63) is 35.4 Å². The molecule has 2 atom stereocenters. The summed E-state index contributed by atoms with van der Waals surface area (Å²) in [6.07, 6.45) is -0.252. The van der Waals surface area contributed by atoms with E-state index in [1.807, 2.05) is 6.07 Å². The van der Waals surface area contributed by atoms with Crippen LogP contribution in [0.3, 0.4) is 0 Å². The number of nitriles is 1. The first-order valence-corrected chi connectivity index (χ1v) is 5.71. The quantitative estimate of drug-likeness (QED) is 0.880. The predicted octanol–water partition coefficient (Wildman–Crippen LogP) is 2.32. The molecule has 2 rings (SSSR count). The van der Waals surface area contributed by atoms with Crippen molar-refractivity contribution in [1.29, 1.82) is 5.26 Å². The Morgan fingerprint density at radius 1 is 1.44 bits per heavy atom. The van der Waals surface area contributed by atoms with Gasteiger partial charge in [0.15, 0.2) is 0 Å². The van der Waals surface area contributed by atoms with E-state index < -0.39 is 23.2 Å². The van der Waals surface area contributed by atoms with Crippen LogP contribution in [0.25, 0.3) is 0 Å². The summed E-state index contributed by atoms with van der Waals surface area (Å²) >= 11 is 0. The summed E-state index contributed by atoms with van der Waals surface area (Å²) in [5.41, 5.74) is -1.22. The molecule has 0 bridgehead atoms. The fourth-order valence-electron chi connectivity index (χ4n) is 2.20. The van der Waals surface area contributed by atoms with Gasteiger partial charge in [0.1, 0.15) is 23.2 Å². The van der Waals surface area contributed by atoms with E-state index in [4.69, 9.17) is 4.74 Å². The molecule has 1 aromatic carbocycles. The standard InChI is InChI=1S/C13H13F2NO2/c14-9-2-3-10(11(15)6-9)12(17)13(7-16)4-1-5-18-8-13/h2-3,6,12,17H,1,4-5,8H2. The zero-order chi connectivity index (χ0) is 13.2. The largest absolute Gasteiger partial charge is 0.387 e. The summed E-state index contributed by atoms with van der Waals surface area (Å²) in [5.74, 6) is -1.56. The van der Waals surface area contributed by atoms with Crippen molar-refractivity contribution in [3.63, 3.8) is 0 Å². The topological polar surface area (TPSA) is 53.2 Å². The third-order valence-electron chi connectivity index (χ3n) is 3.27. The molecule has 1 heterocycles. The van der Waals surface area contributed by atoms with Crippen molar-refractivity contribution in [1.82, 2.24) is 0 Å². The van der Waals surface area contributed by atoms with Gasteiger partial charge in [0.25, 0.3) is 0 Å². The highest BCUT2D eigenvalue weighted by atomic mass is 19.1. The molecule has 3 nitrogen and oxygen atoms in total. The number of hydrogen-bond acceptors (Lipinski definition) is 3. The lowest BCUT2D eigenvalue weighted by Crippen LogP contribution is -2.36. The van der Waals surface area contributed by atoms with Gasteiger partial charge in [-0.1, -0.05) is 6.07 Å². The van der Waals surface area contributed by atoms with E-state index in [1.165, 1.54) is 6.07 Å². The van der Waals surface area contributed by atoms with Crippen LogP contribution in [0.5, 0.6) is 0 Å². The summed E-state index contributed by atoms with van der Waals surface area (Å²) in [7, 11) is 0. The molecule has 0 radical (unpaired) electrons. The first kappa shape index (κ1) is 12.9. The number of nitrogens with zero attached hydrogens (tertiary/aromatic N) is 1. The van der Waals surface area contributed by atoms with Crippen molar-refractivity contribution in [2.75, 3.05) is 13.2 Å². The SMILES string of the molecule is N#CC1(C(O)c2ccc(F)cc2F)CCCOC1. The summed E-state index contributed by atoms with van der Waals surface area (Å²) in [4.78, 5) is 0. The van der Waals surface area contributed by atoms with Gasteiger partial charge in [-0.2, -0.15) is 5.26 Å². The van der Waals surface area contributed by atoms with Gasteiger partial charge in [-0.25, -0.2) is 8.78 Å². The van der Waals surface area contributed by atoms with Crippen molar-refractivity contribution >= 4 is 0 Å². The van der Waals surface area contributed by atoms with E-state index in [2.05, 4.69) is 0 Å². The fraction of sp³-hybridized carbons (Fsp3) is 0.462. The average molecular weight is 253 g/mol. The maximum Gasteiger partial charge on any atom is 0.131 e. The first-order chi connectivity index (χ1) is 8.59. The Hall–Kier alpha value is -1.51. The maximum absolute atomic E-state index is 13.6. The highest BCUT2D eigenvalue weighted by Gasteiger charge is 2.42. The van der Waals surface area contributed by atoms with Crippen LogP contribution in [0.4, 0.5) is 8.78 Å². The van der Waals surface area contributed by atoms with Crippen LogP contribution in [0, 0.1) is 28.4 Å². The number of hydrogen-bond donors (Lipinski definition) is 1. The van der Waals surface area contributed by atoms with Crippen LogP contribution in [0.2, 0.25) is 0 Å². The molecule has 0 aromatic heterocycles. The monoisotopic (exact) mass is 253 g/mol. The molecular formula is C13H13F2NO2. The normalized spacial score (nSPS) is 25.4. The molecule has 1 saturated heterocycles. The Morgan fingerprint density at radius 2 is 2.22 bits per heavy atom. The first-order valence-electron chi connectivity index (χ1n) is 5.71. The van der Waals surface area contributed by atoms with Gasteiger partial charge >= 0.3 is 0 Å². The fourth-order valence-corrected chi connectivity index (χ4v) is 2.20. The average Bonchev–Trinajstić information content (AvgIpc) is 2.39. The van der Waals surface area contributed by atoms with E-state index in [9.17, 15) is 19.1 Å². The number of aliphatic hydroxyl groups is 1. The molecule has 1 fully saturated rings. The molecule has 1 aromatic rings. The highest BCUT2D eigenvalue weighted by molar-refractivity contribution is 5.25. The molecule has 0 spiro atoms. The maximum atomic E-state index is 13.6. The molecular weight excluding hydrogens is 240 g/mol. The van der Waals surface area contributed by atoms with E-state index >= 15 is 0 Å². The molecule has 0 amide bonds. The molecule has 1 aliphatic heterocycles. The van der Waals surface area contributed by atoms with Gasteiger partial charge in [-0.05, 0) is 18.9 Å². The molecule has 2 unspecified atom stereocenters. The van der Waals surface area contributed by atoms with Crippen LogP contribution in [-0.4, -0.2) is 18.3 Å². The molecule has 1 aliphatic rings.